The second kappa shape index (κ2) is 9.84. The van der Waals surface area contributed by atoms with Crippen LogP contribution in [0.2, 0.25) is 0 Å². The lowest BCUT2D eigenvalue weighted by Gasteiger charge is -2.15. The van der Waals surface area contributed by atoms with E-state index in [-0.39, 0.29) is 10.8 Å². The van der Waals surface area contributed by atoms with Gasteiger partial charge in [-0.05, 0) is 60.9 Å². The first kappa shape index (κ1) is 22.6. The predicted molar refractivity (Wildman–Crippen MR) is 118 cm³/mol. The fraction of sp³-hybridized carbons (Fsp3) is 0.318. The van der Waals surface area contributed by atoms with E-state index in [4.69, 9.17) is 14.2 Å². The molecule has 1 N–H and O–H groups in total. The minimum absolute atomic E-state index is 0.223. The Balaban J connectivity index is 1.69. The Morgan fingerprint density at radius 2 is 1.55 bits per heavy atom. The number of sulfonamides is 1. The number of methoxy groups -OCH3 is 3. The molecule has 1 fully saturated rings. The van der Waals surface area contributed by atoms with Crippen LogP contribution in [0.1, 0.15) is 18.4 Å². The van der Waals surface area contributed by atoms with Crippen molar-refractivity contribution in [3.63, 3.8) is 0 Å². The van der Waals surface area contributed by atoms with E-state index in [1.807, 2.05) is 0 Å². The van der Waals surface area contributed by atoms with Crippen LogP contribution >= 0.6 is 0 Å². The number of benzene rings is 2. The normalized spacial score (nSPS) is 14.5. The molecule has 1 aliphatic heterocycles. The smallest absolute Gasteiger partial charge is 0.248 e. The van der Waals surface area contributed by atoms with Gasteiger partial charge in [0, 0.05) is 24.9 Å². The molecule has 0 spiro atoms. The van der Waals surface area contributed by atoms with Crippen LogP contribution in [0.15, 0.2) is 47.4 Å². The molecule has 0 radical (unpaired) electrons. The molecule has 1 heterocycles. The van der Waals surface area contributed by atoms with Crippen LogP contribution in [-0.2, 0) is 14.8 Å². The second-order valence-electron chi connectivity index (χ2n) is 6.92. The Hall–Kier alpha value is -3.04. The Kier molecular flexibility index (Phi) is 7.19. The van der Waals surface area contributed by atoms with Crippen molar-refractivity contribution >= 4 is 27.7 Å². The van der Waals surface area contributed by atoms with E-state index in [0.717, 1.165) is 12.8 Å². The van der Waals surface area contributed by atoms with Crippen LogP contribution in [0, 0.1) is 0 Å². The van der Waals surface area contributed by atoms with Gasteiger partial charge in [0.1, 0.15) is 0 Å². The van der Waals surface area contributed by atoms with Crippen LogP contribution in [0.4, 0.5) is 5.69 Å². The zero-order chi connectivity index (χ0) is 22.4. The first-order valence-electron chi connectivity index (χ1n) is 9.78. The van der Waals surface area contributed by atoms with Crippen LogP contribution in [0.25, 0.3) is 6.08 Å². The summed E-state index contributed by atoms with van der Waals surface area (Å²) in [5.74, 6) is 1.08. The quantitative estimate of drug-likeness (QED) is 0.626. The van der Waals surface area contributed by atoms with Crippen molar-refractivity contribution in [2.45, 2.75) is 17.7 Å². The van der Waals surface area contributed by atoms with Gasteiger partial charge in [0.05, 0.1) is 26.2 Å². The monoisotopic (exact) mass is 446 g/mol. The summed E-state index contributed by atoms with van der Waals surface area (Å²) in [6.45, 7) is 1.10. The van der Waals surface area contributed by atoms with Gasteiger partial charge in [-0.25, -0.2) is 8.42 Å². The summed E-state index contributed by atoms with van der Waals surface area (Å²) in [4.78, 5) is 12.5. The number of hydrogen-bond donors (Lipinski definition) is 1. The number of amides is 1. The summed E-state index contributed by atoms with van der Waals surface area (Å²) in [5.41, 5.74) is 1.19. The lowest BCUT2D eigenvalue weighted by atomic mass is 10.1. The van der Waals surface area contributed by atoms with Gasteiger partial charge in [-0.1, -0.05) is 0 Å². The maximum atomic E-state index is 12.6. The van der Waals surface area contributed by atoms with Gasteiger partial charge in [0.2, 0.25) is 21.7 Å². The lowest BCUT2D eigenvalue weighted by molar-refractivity contribution is -0.111. The number of anilines is 1. The fourth-order valence-electron chi connectivity index (χ4n) is 3.34. The van der Waals surface area contributed by atoms with E-state index in [1.54, 1.807) is 30.3 Å². The summed E-state index contributed by atoms with van der Waals surface area (Å²) in [7, 11) is 1.08. The summed E-state index contributed by atoms with van der Waals surface area (Å²) < 4.78 is 42.5. The Labute approximate surface area is 182 Å². The average Bonchev–Trinajstić information content (AvgIpc) is 3.33. The van der Waals surface area contributed by atoms with Gasteiger partial charge in [-0.2, -0.15) is 4.31 Å². The highest BCUT2D eigenvalue weighted by Gasteiger charge is 2.26. The Morgan fingerprint density at radius 3 is 2.06 bits per heavy atom. The zero-order valence-corrected chi connectivity index (χ0v) is 18.6. The maximum Gasteiger partial charge on any atom is 0.248 e. The van der Waals surface area contributed by atoms with E-state index >= 15 is 0 Å². The largest absolute Gasteiger partial charge is 0.493 e. The molecule has 31 heavy (non-hydrogen) atoms. The van der Waals surface area contributed by atoms with Crippen LogP contribution in [-0.4, -0.2) is 53.0 Å². The van der Waals surface area contributed by atoms with E-state index in [1.165, 1.54) is 43.8 Å². The van der Waals surface area contributed by atoms with E-state index in [9.17, 15) is 13.2 Å². The van der Waals surface area contributed by atoms with Crippen molar-refractivity contribution in [3.8, 4) is 17.2 Å². The van der Waals surface area contributed by atoms with Gasteiger partial charge in [-0.3, -0.25) is 4.79 Å². The predicted octanol–water partition coefficient (Wildman–Crippen LogP) is 3.15. The molecule has 0 aliphatic carbocycles. The summed E-state index contributed by atoms with van der Waals surface area (Å²) in [5, 5.41) is 2.72. The number of hydrogen-bond acceptors (Lipinski definition) is 6. The van der Waals surface area contributed by atoms with Crippen LogP contribution < -0.4 is 19.5 Å². The third kappa shape index (κ3) is 5.18. The average molecular weight is 447 g/mol. The number of nitrogens with one attached hydrogen (secondary N) is 1. The highest BCUT2D eigenvalue weighted by atomic mass is 32.2. The van der Waals surface area contributed by atoms with Crippen molar-refractivity contribution in [2.24, 2.45) is 0 Å². The third-order valence-corrected chi connectivity index (χ3v) is 6.85. The molecule has 2 aromatic carbocycles. The topological polar surface area (TPSA) is 94.2 Å². The molecule has 8 nitrogen and oxygen atoms in total. The third-order valence-electron chi connectivity index (χ3n) is 4.94. The number of carbonyl (C=O) groups is 1. The van der Waals surface area contributed by atoms with Gasteiger partial charge in [0.15, 0.2) is 11.5 Å². The van der Waals surface area contributed by atoms with Gasteiger partial charge < -0.3 is 19.5 Å². The van der Waals surface area contributed by atoms with E-state index < -0.39 is 10.0 Å². The van der Waals surface area contributed by atoms with Gasteiger partial charge in [0.25, 0.3) is 0 Å². The number of ether oxygens (including phenoxy) is 3. The zero-order valence-electron chi connectivity index (χ0n) is 17.8. The summed E-state index contributed by atoms with van der Waals surface area (Å²) in [6.07, 6.45) is 4.75. The number of rotatable bonds is 8. The molecule has 1 amide bonds. The van der Waals surface area contributed by atoms with E-state index in [0.29, 0.717) is 41.6 Å². The summed E-state index contributed by atoms with van der Waals surface area (Å²) in [6, 6.07) is 9.62. The maximum absolute atomic E-state index is 12.6. The van der Waals surface area contributed by atoms with Crippen molar-refractivity contribution in [3.05, 3.63) is 48.0 Å². The Morgan fingerprint density at radius 1 is 0.968 bits per heavy atom. The standard InChI is InChI=1S/C22H26N2O6S/c1-28-19-14-16(15-20(29-2)22(19)30-3)6-11-21(25)23-17-7-9-18(10-8-17)31(26,27)24-12-4-5-13-24/h6-11,14-15H,4-5,12-13H2,1-3H3,(H,23,25)/b11-6+. The van der Waals surface area contributed by atoms with Crippen molar-refractivity contribution in [1.82, 2.24) is 4.31 Å². The molecule has 1 saturated heterocycles. The number of carbonyl (C=O) groups excluding carboxylic acids is 1. The molecule has 3 rings (SSSR count). The molecule has 0 saturated carbocycles. The van der Waals surface area contributed by atoms with Crippen molar-refractivity contribution in [2.75, 3.05) is 39.7 Å². The highest BCUT2D eigenvalue weighted by Crippen LogP contribution is 2.38. The summed E-state index contributed by atoms with van der Waals surface area (Å²) >= 11 is 0. The highest BCUT2D eigenvalue weighted by molar-refractivity contribution is 7.89. The molecular weight excluding hydrogens is 420 g/mol. The number of nitrogens with zero attached hydrogens (tertiary/aromatic N) is 1. The first-order valence-corrected chi connectivity index (χ1v) is 11.2. The van der Waals surface area contributed by atoms with Crippen LogP contribution in [0.5, 0.6) is 17.2 Å². The molecule has 1 aliphatic rings. The molecular formula is C22H26N2O6S. The molecule has 2 aromatic rings. The van der Waals surface area contributed by atoms with Crippen molar-refractivity contribution < 1.29 is 27.4 Å². The second-order valence-corrected chi connectivity index (χ2v) is 8.85. The van der Waals surface area contributed by atoms with Gasteiger partial charge in [-0.15, -0.1) is 0 Å². The van der Waals surface area contributed by atoms with Crippen molar-refractivity contribution in [1.29, 1.82) is 0 Å². The minimum atomic E-state index is -3.48. The van der Waals surface area contributed by atoms with Gasteiger partial charge >= 0.3 is 0 Å². The van der Waals surface area contributed by atoms with Crippen LogP contribution in [0.3, 0.4) is 0 Å². The minimum Gasteiger partial charge on any atom is -0.493 e. The first-order chi connectivity index (χ1) is 14.9. The molecule has 0 bridgehead atoms. The SMILES string of the molecule is COc1cc(/C=C/C(=O)Nc2ccc(S(=O)(=O)N3CCCC3)cc2)cc(OC)c1OC. The molecule has 0 unspecified atom stereocenters. The fourth-order valence-corrected chi connectivity index (χ4v) is 4.86. The molecule has 0 atom stereocenters. The van der Waals surface area contributed by atoms with E-state index in [2.05, 4.69) is 5.32 Å². The molecule has 0 aromatic heterocycles. The lowest BCUT2D eigenvalue weighted by Crippen LogP contribution is -2.27. The Bertz CT molecular complexity index is 1030. The molecule has 166 valence electrons. The molecule has 9 heteroatoms.